The summed E-state index contributed by atoms with van der Waals surface area (Å²) in [5.41, 5.74) is 0. The predicted octanol–water partition coefficient (Wildman–Crippen LogP) is 1.97. The average Bonchev–Trinajstić information content (AvgIpc) is 2.91. The fourth-order valence-corrected chi connectivity index (χ4v) is 4.23. The average molecular weight is 223 g/mol. The molecule has 2 bridgehead atoms. The van der Waals surface area contributed by atoms with E-state index in [2.05, 4.69) is 4.90 Å². The first-order chi connectivity index (χ1) is 7.74. The van der Waals surface area contributed by atoms with Gasteiger partial charge in [0.1, 0.15) is 6.04 Å². The number of fused-ring (bicyclic) bond motifs is 2. The molecule has 2 saturated carbocycles. The van der Waals surface area contributed by atoms with Crippen LogP contribution in [0.15, 0.2) is 0 Å². The molecule has 0 aromatic heterocycles. The lowest BCUT2D eigenvalue weighted by molar-refractivity contribution is -0.142. The minimum absolute atomic E-state index is 0.181. The molecule has 90 valence electrons. The maximum atomic E-state index is 11.1. The summed E-state index contributed by atoms with van der Waals surface area (Å²) >= 11 is 0. The maximum Gasteiger partial charge on any atom is 0.320 e. The number of rotatable bonds is 3. The molecule has 1 heterocycles. The lowest BCUT2D eigenvalue weighted by Gasteiger charge is -2.29. The first-order valence-electron chi connectivity index (χ1n) is 6.71. The van der Waals surface area contributed by atoms with Crippen molar-refractivity contribution in [1.29, 1.82) is 0 Å². The van der Waals surface area contributed by atoms with Crippen molar-refractivity contribution >= 4 is 5.97 Å². The van der Waals surface area contributed by atoms with E-state index in [-0.39, 0.29) is 6.04 Å². The molecule has 3 rings (SSSR count). The number of nitrogens with zero attached hydrogens (tertiary/aromatic N) is 1. The molecule has 3 nitrogen and oxygen atoms in total. The van der Waals surface area contributed by atoms with Crippen LogP contribution in [0.2, 0.25) is 0 Å². The molecule has 4 unspecified atom stereocenters. The highest BCUT2D eigenvalue weighted by Gasteiger charge is 2.42. The van der Waals surface area contributed by atoms with Crippen LogP contribution in [0.5, 0.6) is 0 Å². The zero-order valence-electron chi connectivity index (χ0n) is 9.77. The van der Waals surface area contributed by atoms with Gasteiger partial charge in [-0.2, -0.15) is 0 Å². The van der Waals surface area contributed by atoms with Crippen molar-refractivity contribution in [2.75, 3.05) is 13.1 Å². The van der Waals surface area contributed by atoms with E-state index in [4.69, 9.17) is 5.11 Å². The zero-order chi connectivity index (χ0) is 11.1. The molecule has 3 heteroatoms. The van der Waals surface area contributed by atoms with Gasteiger partial charge in [0.25, 0.3) is 0 Å². The highest BCUT2D eigenvalue weighted by atomic mass is 16.4. The van der Waals surface area contributed by atoms with Crippen LogP contribution in [-0.2, 0) is 4.79 Å². The van der Waals surface area contributed by atoms with Crippen LogP contribution in [0.3, 0.4) is 0 Å². The number of carboxylic acid groups (broad SMARTS) is 1. The molecule has 0 amide bonds. The van der Waals surface area contributed by atoms with E-state index >= 15 is 0 Å². The largest absolute Gasteiger partial charge is 0.480 e. The standard InChI is InChI=1S/C13H21NO2/c15-13(16)12-2-1-5-14(12)8-11-7-9-3-4-10(11)6-9/h9-12H,1-8H2,(H,15,16). The Labute approximate surface area is 96.8 Å². The van der Waals surface area contributed by atoms with Gasteiger partial charge >= 0.3 is 5.97 Å². The van der Waals surface area contributed by atoms with Crippen molar-refractivity contribution in [2.24, 2.45) is 17.8 Å². The van der Waals surface area contributed by atoms with Crippen molar-refractivity contribution in [1.82, 2.24) is 4.90 Å². The maximum absolute atomic E-state index is 11.1. The van der Waals surface area contributed by atoms with Crippen molar-refractivity contribution in [3.05, 3.63) is 0 Å². The third-order valence-electron chi connectivity index (χ3n) is 5.00. The molecule has 3 aliphatic rings. The third kappa shape index (κ3) is 1.75. The number of likely N-dealkylation sites (tertiary alicyclic amines) is 1. The van der Waals surface area contributed by atoms with Crippen LogP contribution < -0.4 is 0 Å². The van der Waals surface area contributed by atoms with E-state index in [0.717, 1.165) is 43.7 Å². The van der Waals surface area contributed by atoms with Crippen LogP contribution in [0.4, 0.5) is 0 Å². The molecular formula is C13H21NO2. The van der Waals surface area contributed by atoms with Crippen molar-refractivity contribution in [2.45, 2.75) is 44.6 Å². The first kappa shape index (κ1) is 10.6. The Balaban J connectivity index is 1.60. The molecule has 0 aromatic rings. The van der Waals surface area contributed by atoms with E-state index < -0.39 is 5.97 Å². The Hall–Kier alpha value is -0.570. The van der Waals surface area contributed by atoms with E-state index in [1.54, 1.807) is 0 Å². The molecule has 1 N–H and O–H groups in total. The minimum Gasteiger partial charge on any atom is -0.480 e. The Morgan fingerprint density at radius 1 is 1.25 bits per heavy atom. The zero-order valence-corrected chi connectivity index (χ0v) is 9.77. The Bertz CT molecular complexity index is 292. The predicted molar refractivity (Wildman–Crippen MR) is 61.2 cm³/mol. The second-order valence-electron chi connectivity index (χ2n) is 5.93. The van der Waals surface area contributed by atoms with E-state index in [1.165, 1.54) is 25.7 Å². The molecule has 4 atom stereocenters. The SMILES string of the molecule is O=C(O)C1CCCN1CC1CC2CCC1C2. The van der Waals surface area contributed by atoms with Crippen molar-refractivity contribution in [3.8, 4) is 0 Å². The van der Waals surface area contributed by atoms with Crippen LogP contribution in [0.1, 0.15) is 38.5 Å². The van der Waals surface area contributed by atoms with Crippen LogP contribution in [0.25, 0.3) is 0 Å². The number of carboxylic acids is 1. The molecule has 0 spiro atoms. The summed E-state index contributed by atoms with van der Waals surface area (Å²) in [5.74, 6) is 2.08. The minimum atomic E-state index is -0.611. The molecule has 1 saturated heterocycles. The Kier molecular flexibility index (Phi) is 2.66. The van der Waals surface area contributed by atoms with Gasteiger partial charge in [-0.15, -0.1) is 0 Å². The van der Waals surface area contributed by atoms with Gasteiger partial charge < -0.3 is 5.11 Å². The van der Waals surface area contributed by atoms with Crippen LogP contribution >= 0.6 is 0 Å². The molecule has 16 heavy (non-hydrogen) atoms. The van der Waals surface area contributed by atoms with Crippen molar-refractivity contribution in [3.63, 3.8) is 0 Å². The highest BCUT2D eigenvalue weighted by Crippen LogP contribution is 2.48. The number of hydrogen-bond acceptors (Lipinski definition) is 2. The molecule has 1 aliphatic heterocycles. The summed E-state index contributed by atoms with van der Waals surface area (Å²) in [5, 5.41) is 9.15. The van der Waals surface area contributed by atoms with Crippen LogP contribution in [0, 0.1) is 17.8 Å². The Morgan fingerprint density at radius 2 is 2.12 bits per heavy atom. The molecular weight excluding hydrogens is 202 g/mol. The van der Waals surface area contributed by atoms with Gasteiger partial charge in [-0.3, -0.25) is 9.69 Å². The normalized spacial score (nSPS) is 43.0. The molecule has 2 aliphatic carbocycles. The van der Waals surface area contributed by atoms with E-state index in [1.807, 2.05) is 0 Å². The quantitative estimate of drug-likeness (QED) is 0.795. The second kappa shape index (κ2) is 4.02. The number of carbonyl (C=O) groups is 1. The topological polar surface area (TPSA) is 40.5 Å². The summed E-state index contributed by atoms with van der Waals surface area (Å²) < 4.78 is 0. The summed E-state index contributed by atoms with van der Waals surface area (Å²) in [6, 6.07) is -0.181. The smallest absolute Gasteiger partial charge is 0.320 e. The van der Waals surface area contributed by atoms with Gasteiger partial charge in [0.15, 0.2) is 0 Å². The summed E-state index contributed by atoms with van der Waals surface area (Å²) in [6.45, 7) is 2.06. The van der Waals surface area contributed by atoms with E-state index in [0.29, 0.717) is 0 Å². The fourth-order valence-electron chi connectivity index (χ4n) is 4.23. The molecule has 0 aromatic carbocycles. The summed E-state index contributed by atoms with van der Waals surface area (Å²) in [7, 11) is 0. The van der Waals surface area contributed by atoms with Gasteiger partial charge in [0, 0.05) is 6.54 Å². The van der Waals surface area contributed by atoms with Crippen LogP contribution in [-0.4, -0.2) is 35.1 Å². The van der Waals surface area contributed by atoms with Gasteiger partial charge in [-0.05, 0) is 56.4 Å². The first-order valence-corrected chi connectivity index (χ1v) is 6.71. The summed E-state index contributed by atoms with van der Waals surface area (Å²) in [4.78, 5) is 13.3. The number of aliphatic carboxylic acids is 1. The fraction of sp³-hybridized carbons (Fsp3) is 0.923. The molecule has 3 fully saturated rings. The van der Waals surface area contributed by atoms with Crippen molar-refractivity contribution < 1.29 is 9.90 Å². The van der Waals surface area contributed by atoms with Gasteiger partial charge in [-0.25, -0.2) is 0 Å². The van der Waals surface area contributed by atoms with Gasteiger partial charge in [0.2, 0.25) is 0 Å². The lowest BCUT2D eigenvalue weighted by atomic mass is 9.88. The second-order valence-corrected chi connectivity index (χ2v) is 5.93. The molecule has 0 radical (unpaired) electrons. The lowest BCUT2D eigenvalue weighted by Crippen LogP contribution is -2.40. The summed E-state index contributed by atoms with van der Waals surface area (Å²) in [6.07, 6.45) is 7.56. The number of hydrogen-bond donors (Lipinski definition) is 1. The van der Waals surface area contributed by atoms with E-state index in [9.17, 15) is 4.79 Å². The van der Waals surface area contributed by atoms with Gasteiger partial charge in [-0.1, -0.05) is 6.42 Å². The monoisotopic (exact) mass is 223 g/mol. The van der Waals surface area contributed by atoms with Gasteiger partial charge in [0.05, 0.1) is 0 Å². The highest BCUT2D eigenvalue weighted by molar-refractivity contribution is 5.73. The Morgan fingerprint density at radius 3 is 2.75 bits per heavy atom. The third-order valence-corrected chi connectivity index (χ3v) is 5.00.